The van der Waals surface area contributed by atoms with Gasteiger partial charge in [0.15, 0.2) is 5.96 Å². The zero-order valence-corrected chi connectivity index (χ0v) is 20.5. The molecule has 0 bridgehead atoms. The molecule has 0 radical (unpaired) electrons. The average Bonchev–Trinajstić information content (AvgIpc) is 2.65. The van der Waals surface area contributed by atoms with Crippen molar-refractivity contribution in [1.82, 2.24) is 15.1 Å². The zero-order valence-electron chi connectivity index (χ0n) is 18.2. The molecule has 0 aromatic rings. The highest BCUT2D eigenvalue weighted by molar-refractivity contribution is 14.0. The summed E-state index contributed by atoms with van der Waals surface area (Å²) in [7, 11) is 0. The van der Waals surface area contributed by atoms with Crippen LogP contribution in [0.1, 0.15) is 47.5 Å². The number of piperazine rings is 1. The highest BCUT2D eigenvalue weighted by Gasteiger charge is 2.35. The Hall–Kier alpha value is -0.770. The lowest BCUT2D eigenvalue weighted by atomic mass is 9.78. The Labute approximate surface area is 187 Å². The number of rotatable bonds is 4. The van der Waals surface area contributed by atoms with Gasteiger partial charge in [-0.25, -0.2) is 4.79 Å². The van der Waals surface area contributed by atoms with Crippen LogP contribution >= 0.6 is 24.0 Å². The van der Waals surface area contributed by atoms with Gasteiger partial charge in [0, 0.05) is 51.8 Å². The molecule has 2 fully saturated rings. The summed E-state index contributed by atoms with van der Waals surface area (Å²) in [6.45, 7) is 16.4. The Morgan fingerprint density at radius 3 is 2.39 bits per heavy atom. The minimum absolute atomic E-state index is 0. The fourth-order valence-electron chi connectivity index (χ4n) is 3.93. The number of ether oxygens (including phenoxy) is 2. The first kappa shape index (κ1) is 25.3. The van der Waals surface area contributed by atoms with Crippen LogP contribution in [-0.2, 0) is 9.47 Å². The van der Waals surface area contributed by atoms with Crippen molar-refractivity contribution in [2.75, 3.05) is 52.5 Å². The van der Waals surface area contributed by atoms with Crippen LogP contribution in [0, 0.1) is 11.3 Å². The third kappa shape index (κ3) is 7.24. The van der Waals surface area contributed by atoms with E-state index in [0.717, 1.165) is 45.2 Å². The maximum Gasteiger partial charge on any atom is 0.409 e. The smallest absolute Gasteiger partial charge is 0.409 e. The highest BCUT2D eigenvalue weighted by Crippen LogP contribution is 2.34. The molecule has 0 spiro atoms. The monoisotopic (exact) mass is 510 g/mol. The van der Waals surface area contributed by atoms with E-state index in [2.05, 4.69) is 37.9 Å². The summed E-state index contributed by atoms with van der Waals surface area (Å²) >= 11 is 0. The number of carbonyl (C=O) groups excluding carboxylic acids is 1. The van der Waals surface area contributed by atoms with E-state index >= 15 is 0 Å². The molecule has 7 nitrogen and oxygen atoms in total. The molecule has 1 N–H and O–H groups in total. The standard InChI is InChI=1S/C20H38N4O3.HI/c1-6-21-18(23-10-12-24(13-11-23)19(25)26-7-2)22-15-16-9-8-14-27-17(16)20(3,4)5;/h16-17H,6-15H2,1-5H3,(H,21,22);1H. The Balaban J connectivity index is 0.00000392. The summed E-state index contributed by atoms with van der Waals surface area (Å²) in [5, 5.41) is 3.42. The minimum atomic E-state index is -0.216. The quantitative estimate of drug-likeness (QED) is 0.358. The van der Waals surface area contributed by atoms with Crippen LogP contribution in [0.15, 0.2) is 4.99 Å². The predicted molar refractivity (Wildman–Crippen MR) is 123 cm³/mol. The molecule has 0 aromatic heterocycles. The van der Waals surface area contributed by atoms with Crippen molar-refractivity contribution >= 4 is 36.0 Å². The fraction of sp³-hybridized carbons (Fsp3) is 0.900. The Morgan fingerprint density at radius 2 is 1.82 bits per heavy atom. The van der Waals surface area contributed by atoms with E-state index in [9.17, 15) is 4.79 Å². The summed E-state index contributed by atoms with van der Waals surface area (Å²) in [6, 6.07) is 0. The van der Waals surface area contributed by atoms with E-state index < -0.39 is 0 Å². The number of guanidine groups is 1. The van der Waals surface area contributed by atoms with Crippen molar-refractivity contribution < 1.29 is 14.3 Å². The highest BCUT2D eigenvalue weighted by atomic mass is 127. The van der Waals surface area contributed by atoms with Gasteiger partial charge in [0.25, 0.3) is 0 Å². The summed E-state index contributed by atoms with van der Waals surface area (Å²) in [6.07, 6.45) is 2.31. The lowest BCUT2D eigenvalue weighted by molar-refractivity contribution is -0.0824. The maximum absolute atomic E-state index is 11.9. The molecule has 2 rings (SSSR count). The van der Waals surface area contributed by atoms with Crippen molar-refractivity contribution in [3.05, 3.63) is 0 Å². The maximum atomic E-state index is 11.9. The minimum Gasteiger partial charge on any atom is -0.450 e. The lowest BCUT2D eigenvalue weighted by Crippen LogP contribution is -2.54. The molecule has 0 saturated carbocycles. The van der Waals surface area contributed by atoms with Gasteiger partial charge in [0.1, 0.15) is 0 Å². The molecule has 2 aliphatic rings. The van der Waals surface area contributed by atoms with Crippen molar-refractivity contribution in [2.45, 2.75) is 53.6 Å². The number of hydrogen-bond donors (Lipinski definition) is 1. The van der Waals surface area contributed by atoms with Gasteiger partial charge in [0.05, 0.1) is 12.7 Å². The van der Waals surface area contributed by atoms with E-state index in [1.807, 2.05) is 6.92 Å². The molecule has 0 aliphatic carbocycles. The molecule has 2 saturated heterocycles. The van der Waals surface area contributed by atoms with Gasteiger partial charge in [-0.2, -0.15) is 0 Å². The fourth-order valence-corrected chi connectivity index (χ4v) is 3.93. The van der Waals surface area contributed by atoms with Crippen LogP contribution in [0.5, 0.6) is 0 Å². The first-order valence-electron chi connectivity index (χ1n) is 10.4. The van der Waals surface area contributed by atoms with Gasteiger partial charge in [-0.3, -0.25) is 4.99 Å². The average molecular weight is 510 g/mol. The number of halogens is 1. The van der Waals surface area contributed by atoms with E-state index in [1.165, 1.54) is 6.42 Å². The van der Waals surface area contributed by atoms with Gasteiger partial charge < -0.3 is 24.6 Å². The molecule has 2 aliphatic heterocycles. The van der Waals surface area contributed by atoms with Gasteiger partial charge in [-0.1, -0.05) is 20.8 Å². The van der Waals surface area contributed by atoms with Gasteiger partial charge in [0.2, 0.25) is 0 Å². The lowest BCUT2D eigenvalue weighted by Gasteiger charge is -2.40. The van der Waals surface area contributed by atoms with Crippen LogP contribution in [0.2, 0.25) is 0 Å². The van der Waals surface area contributed by atoms with Crippen molar-refractivity contribution in [2.24, 2.45) is 16.3 Å². The molecule has 28 heavy (non-hydrogen) atoms. The number of carbonyl (C=O) groups is 1. The van der Waals surface area contributed by atoms with Gasteiger partial charge in [-0.05, 0) is 32.1 Å². The van der Waals surface area contributed by atoms with Crippen LogP contribution in [0.25, 0.3) is 0 Å². The molecular weight excluding hydrogens is 471 g/mol. The summed E-state index contributed by atoms with van der Waals surface area (Å²) in [5.41, 5.74) is 0.129. The predicted octanol–water partition coefficient (Wildman–Crippen LogP) is 3.19. The van der Waals surface area contributed by atoms with E-state index in [0.29, 0.717) is 25.6 Å². The van der Waals surface area contributed by atoms with Crippen molar-refractivity contribution in [3.63, 3.8) is 0 Å². The second-order valence-corrected chi connectivity index (χ2v) is 8.43. The normalized spacial score (nSPS) is 23.8. The van der Waals surface area contributed by atoms with Crippen LogP contribution in [-0.4, -0.2) is 80.4 Å². The van der Waals surface area contributed by atoms with Crippen LogP contribution in [0.4, 0.5) is 4.79 Å². The Kier molecular flexibility index (Phi) is 10.9. The second kappa shape index (κ2) is 12.0. The van der Waals surface area contributed by atoms with Crippen LogP contribution in [0.3, 0.4) is 0 Å². The molecular formula is C20H39IN4O3. The topological polar surface area (TPSA) is 66.4 Å². The summed E-state index contributed by atoms with van der Waals surface area (Å²) < 4.78 is 11.2. The van der Waals surface area contributed by atoms with E-state index in [1.54, 1.807) is 4.90 Å². The molecule has 164 valence electrons. The van der Waals surface area contributed by atoms with Crippen LogP contribution < -0.4 is 5.32 Å². The number of amides is 1. The molecule has 2 unspecified atom stereocenters. The summed E-state index contributed by atoms with van der Waals surface area (Å²) in [4.78, 5) is 20.9. The number of nitrogens with zero attached hydrogens (tertiary/aromatic N) is 3. The van der Waals surface area contributed by atoms with Gasteiger partial charge in [-0.15, -0.1) is 24.0 Å². The zero-order chi connectivity index (χ0) is 19.9. The largest absolute Gasteiger partial charge is 0.450 e. The molecule has 2 atom stereocenters. The number of nitrogens with one attached hydrogen (secondary N) is 1. The number of aliphatic imine (C=N–C) groups is 1. The first-order valence-corrected chi connectivity index (χ1v) is 10.4. The van der Waals surface area contributed by atoms with Gasteiger partial charge >= 0.3 is 6.09 Å². The Bertz CT molecular complexity index is 502. The number of hydrogen-bond acceptors (Lipinski definition) is 4. The van der Waals surface area contributed by atoms with Crippen molar-refractivity contribution in [1.29, 1.82) is 0 Å². The SMILES string of the molecule is CCNC(=NCC1CCCOC1C(C)(C)C)N1CCN(C(=O)OCC)CC1.I. The second-order valence-electron chi connectivity index (χ2n) is 8.43. The molecule has 2 heterocycles. The molecule has 0 aromatic carbocycles. The Morgan fingerprint density at radius 1 is 1.18 bits per heavy atom. The van der Waals surface area contributed by atoms with Crippen molar-refractivity contribution in [3.8, 4) is 0 Å². The third-order valence-electron chi connectivity index (χ3n) is 5.21. The first-order chi connectivity index (χ1) is 12.9. The summed E-state index contributed by atoms with van der Waals surface area (Å²) in [5.74, 6) is 1.40. The molecule has 8 heteroatoms. The van der Waals surface area contributed by atoms with E-state index in [4.69, 9.17) is 14.5 Å². The third-order valence-corrected chi connectivity index (χ3v) is 5.21. The molecule has 1 amide bonds. The van der Waals surface area contributed by atoms with E-state index in [-0.39, 0.29) is 41.6 Å².